The van der Waals surface area contributed by atoms with Crippen molar-refractivity contribution in [1.29, 1.82) is 0 Å². The standard InChI is InChI=1S/C18H17NO5S/c1-10-5-6-25-15(10)9-12-16(19-24-18(12)20)11-7-13(21-2)17(23-4)14(8-11)22-3/h5-9H,1-4H3/b12-9-. The van der Waals surface area contributed by atoms with E-state index in [4.69, 9.17) is 19.0 Å². The minimum absolute atomic E-state index is 0.389. The van der Waals surface area contributed by atoms with Crippen molar-refractivity contribution in [3.05, 3.63) is 45.2 Å². The number of rotatable bonds is 5. The van der Waals surface area contributed by atoms with Gasteiger partial charge in [-0.05, 0) is 42.1 Å². The van der Waals surface area contributed by atoms with Crippen molar-refractivity contribution in [3.63, 3.8) is 0 Å². The maximum absolute atomic E-state index is 12.1. The second-order valence-corrected chi connectivity index (χ2v) is 6.21. The minimum Gasteiger partial charge on any atom is -0.493 e. The largest absolute Gasteiger partial charge is 0.493 e. The molecule has 25 heavy (non-hydrogen) atoms. The number of methoxy groups -OCH3 is 3. The Morgan fingerprint density at radius 1 is 1.12 bits per heavy atom. The van der Waals surface area contributed by atoms with Crippen molar-refractivity contribution < 1.29 is 23.8 Å². The monoisotopic (exact) mass is 359 g/mol. The lowest BCUT2D eigenvalue weighted by Crippen LogP contribution is -2.08. The van der Waals surface area contributed by atoms with Crippen molar-refractivity contribution in [1.82, 2.24) is 0 Å². The van der Waals surface area contributed by atoms with Crippen LogP contribution in [0.25, 0.3) is 6.08 Å². The molecule has 0 unspecified atom stereocenters. The predicted molar refractivity (Wildman–Crippen MR) is 95.8 cm³/mol. The van der Waals surface area contributed by atoms with Gasteiger partial charge in [0.1, 0.15) is 5.71 Å². The van der Waals surface area contributed by atoms with Crippen LogP contribution in [0.15, 0.2) is 34.3 Å². The molecule has 0 N–H and O–H groups in total. The highest BCUT2D eigenvalue weighted by molar-refractivity contribution is 7.11. The molecule has 7 heteroatoms. The lowest BCUT2D eigenvalue weighted by atomic mass is 10.0. The highest BCUT2D eigenvalue weighted by Crippen LogP contribution is 2.39. The van der Waals surface area contributed by atoms with E-state index in [0.717, 1.165) is 10.4 Å². The van der Waals surface area contributed by atoms with Gasteiger partial charge in [-0.25, -0.2) is 4.79 Å². The summed E-state index contributed by atoms with van der Waals surface area (Å²) in [7, 11) is 4.60. The Morgan fingerprint density at radius 3 is 2.32 bits per heavy atom. The average Bonchev–Trinajstić information content (AvgIpc) is 3.20. The molecular formula is C18H17NO5S. The summed E-state index contributed by atoms with van der Waals surface area (Å²) in [6, 6.07) is 5.46. The Labute approximate surface area is 149 Å². The molecule has 130 valence electrons. The van der Waals surface area contributed by atoms with Gasteiger partial charge in [0, 0.05) is 10.4 Å². The molecule has 0 fully saturated rings. The summed E-state index contributed by atoms with van der Waals surface area (Å²) in [4.78, 5) is 18.0. The molecule has 0 amide bonds. The van der Waals surface area contributed by atoms with Gasteiger partial charge in [0.25, 0.3) is 0 Å². The Hall–Kier alpha value is -2.80. The number of carbonyl (C=O) groups is 1. The van der Waals surface area contributed by atoms with Crippen LogP contribution in [0.1, 0.15) is 16.0 Å². The highest BCUT2D eigenvalue weighted by atomic mass is 32.1. The van der Waals surface area contributed by atoms with E-state index < -0.39 is 5.97 Å². The number of aryl methyl sites for hydroxylation is 1. The van der Waals surface area contributed by atoms with Crippen LogP contribution in [0.2, 0.25) is 0 Å². The number of nitrogens with zero attached hydrogens (tertiary/aromatic N) is 1. The molecule has 1 aromatic heterocycles. The van der Waals surface area contributed by atoms with Gasteiger partial charge >= 0.3 is 5.97 Å². The van der Waals surface area contributed by atoms with Gasteiger partial charge in [-0.2, -0.15) is 0 Å². The first-order chi connectivity index (χ1) is 12.1. The molecule has 0 radical (unpaired) electrons. The number of ether oxygens (including phenoxy) is 3. The van der Waals surface area contributed by atoms with E-state index in [-0.39, 0.29) is 0 Å². The SMILES string of the molecule is COc1cc(C2=NOC(=O)/C2=C\c2sccc2C)cc(OC)c1OC. The van der Waals surface area contributed by atoms with Gasteiger partial charge in [0.15, 0.2) is 11.5 Å². The van der Waals surface area contributed by atoms with Crippen LogP contribution < -0.4 is 14.2 Å². The average molecular weight is 359 g/mol. The van der Waals surface area contributed by atoms with Gasteiger partial charge in [-0.15, -0.1) is 11.3 Å². The molecule has 0 atom stereocenters. The van der Waals surface area contributed by atoms with Crippen LogP contribution in [0.3, 0.4) is 0 Å². The molecule has 0 bridgehead atoms. The molecule has 6 nitrogen and oxygen atoms in total. The second kappa shape index (κ2) is 6.98. The first kappa shape index (κ1) is 17.0. The zero-order chi connectivity index (χ0) is 18.0. The number of benzene rings is 1. The van der Waals surface area contributed by atoms with E-state index in [9.17, 15) is 4.79 Å². The molecule has 2 heterocycles. The van der Waals surface area contributed by atoms with Crippen molar-refractivity contribution >= 4 is 29.1 Å². The second-order valence-electron chi connectivity index (χ2n) is 5.26. The molecule has 2 aromatic rings. The fourth-order valence-electron chi connectivity index (χ4n) is 2.50. The Kier molecular flexibility index (Phi) is 4.76. The Morgan fingerprint density at radius 2 is 1.80 bits per heavy atom. The smallest absolute Gasteiger partial charge is 0.368 e. The number of carbonyl (C=O) groups excluding carboxylic acids is 1. The van der Waals surface area contributed by atoms with E-state index in [2.05, 4.69) is 5.16 Å². The van der Waals surface area contributed by atoms with Crippen LogP contribution in [-0.4, -0.2) is 33.0 Å². The summed E-state index contributed by atoms with van der Waals surface area (Å²) < 4.78 is 16.0. The van der Waals surface area contributed by atoms with Crippen molar-refractivity contribution in [2.75, 3.05) is 21.3 Å². The minimum atomic E-state index is -0.489. The summed E-state index contributed by atoms with van der Waals surface area (Å²) in [6.07, 6.45) is 1.79. The van der Waals surface area contributed by atoms with E-state index in [1.54, 1.807) is 29.5 Å². The van der Waals surface area contributed by atoms with Crippen molar-refractivity contribution in [2.45, 2.75) is 6.92 Å². The van der Waals surface area contributed by atoms with Gasteiger partial charge < -0.3 is 19.0 Å². The third kappa shape index (κ3) is 3.10. The van der Waals surface area contributed by atoms with E-state index in [1.807, 2.05) is 18.4 Å². The first-order valence-corrected chi connectivity index (χ1v) is 8.33. The van der Waals surface area contributed by atoms with Crippen molar-refractivity contribution in [2.24, 2.45) is 5.16 Å². The maximum Gasteiger partial charge on any atom is 0.368 e. The molecule has 0 spiro atoms. The molecule has 0 aliphatic carbocycles. The van der Waals surface area contributed by atoms with E-state index in [0.29, 0.717) is 34.1 Å². The molecule has 1 aromatic carbocycles. The summed E-state index contributed by atoms with van der Waals surface area (Å²) in [5.74, 6) is 0.937. The lowest BCUT2D eigenvalue weighted by Gasteiger charge is -2.13. The van der Waals surface area contributed by atoms with E-state index in [1.165, 1.54) is 21.3 Å². The molecule has 3 rings (SSSR count). The summed E-state index contributed by atoms with van der Waals surface area (Å²) in [5, 5.41) is 5.91. The number of thiophene rings is 1. The zero-order valence-electron chi connectivity index (χ0n) is 14.3. The number of hydrogen-bond acceptors (Lipinski definition) is 7. The number of oxime groups is 1. The molecular weight excluding hydrogens is 342 g/mol. The fraction of sp³-hybridized carbons (Fsp3) is 0.222. The topological polar surface area (TPSA) is 66.4 Å². The van der Waals surface area contributed by atoms with Crippen LogP contribution in [0.4, 0.5) is 0 Å². The number of hydrogen-bond donors (Lipinski definition) is 0. The highest BCUT2D eigenvalue weighted by Gasteiger charge is 2.29. The maximum atomic E-state index is 12.1. The van der Waals surface area contributed by atoms with Crippen LogP contribution in [-0.2, 0) is 9.63 Å². The predicted octanol–water partition coefficient (Wildman–Crippen LogP) is 3.43. The lowest BCUT2D eigenvalue weighted by molar-refractivity contribution is -0.136. The first-order valence-electron chi connectivity index (χ1n) is 7.45. The summed E-state index contributed by atoms with van der Waals surface area (Å²) >= 11 is 1.55. The Bertz CT molecular complexity index is 856. The van der Waals surface area contributed by atoms with Crippen LogP contribution in [0, 0.1) is 6.92 Å². The van der Waals surface area contributed by atoms with Gasteiger partial charge in [0.05, 0.1) is 26.9 Å². The van der Waals surface area contributed by atoms with Crippen LogP contribution in [0.5, 0.6) is 17.2 Å². The summed E-state index contributed by atoms with van der Waals surface area (Å²) in [6.45, 7) is 1.99. The normalized spacial score (nSPS) is 15.1. The van der Waals surface area contributed by atoms with Crippen molar-refractivity contribution in [3.8, 4) is 17.2 Å². The third-order valence-electron chi connectivity index (χ3n) is 3.81. The van der Waals surface area contributed by atoms with Gasteiger partial charge in [0.2, 0.25) is 5.75 Å². The molecule has 1 aliphatic heterocycles. The molecule has 1 aliphatic rings. The van der Waals surface area contributed by atoms with E-state index >= 15 is 0 Å². The summed E-state index contributed by atoms with van der Waals surface area (Å²) in [5.41, 5.74) is 2.54. The molecule has 0 saturated heterocycles. The fourth-order valence-corrected chi connectivity index (χ4v) is 3.36. The Balaban J connectivity index is 2.10. The zero-order valence-corrected chi connectivity index (χ0v) is 15.1. The molecule has 0 saturated carbocycles. The van der Waals surface area contributed by atoms with Crippen LogP contribution >= 0.6 is 11.3 Å². The quantitative estimate of drug-likeness (QED) is 0.604. The van der Waals surface area contributed by atoms with Gasteiger partial charge in [-0.3, -0.25) is 0 Å². The third-order valence-corrected chi connectivity index (χ3v) is 4.78. The van der Waals surface area contributed by atoms with Gasteiger partial charge in [-0.1, -0.05) is 5.16 Å².